The number of aromatic nitrogens is 2. The van der Waals surface area contributed by atoms with E-state index in [-0.39, 0.29) is 21.8 Å². The standard InChI is InChI=1S/C28H25N3O4S/c1-19-9-8-16-31-25(19)30-26(35-21-14-12-20(13-15-21)28(2,3)4)24(27(31)32)17-23(18-29)36(33,34)22-10-6-5-7-11-22/h5-17H,1-4H3. The third kappa shape index (κ3) is 4.79. The maximum atomic E-state index is 13.5. The molecule has 2 aromatic carbocycles. The van der Waals surface area contributed by atoms with Gasteiger partial charge in [0.1, 0.15) is 27.9 Å². The van der Waals surface area contributed by atoms with Crippen molar-refractivity contribution in [2.45, 2.75) is 38.0 Å². The topological polar surface area (TPSA) is 102 Å². The molecular weight excluding hydrogens is 474 g/mol. The highest BCUT2D eigenvalue weighted by Gasteiger charge is 2.24. The highest BCUT2D eigenvalue weighted by molar-refractivity contribution is 7.95. The highest BCUT2D eigenvalue weighted by atomic mass is 32.2. The van der Waals surface area contributed by atoms with Gasteiger partial charge in [-0.1, -0.05) is 57.2 Å². The van der Waals surface area contributed by atoms with E-state index in [9.17, 15) is 18.5 Å². The second-order valence-electron chi connectivity index (χ2n) is 9.33. The molecule has 0 radical (unpaired) electrons. The lowest BCUT2D eigenvalue weighted by Crippen LogP contribution is -2.20. The van der Waals surface area contributed by atoms with Crippen LogP contribution in [0.4, 0.5) is 0 Å². The third-order valence-corrected chi connectivity index (χ3v) is 7.39. The number of ether oxygens (including phenoxy) is 1. The van der Waals surface area contributed by atoms with E-state index in [1.165, 1.54) is 22.7 Å². The molecule has 8 heteroatoms. The summed E-state index contributed by atoms with van der Waals surface area (Å²) >= 11 is 0. The van der Waals surface area contributed by atoms with E-state index in [4.69, 9.17) is 4.74 Å². The molecule has 4 aromatic rings. The number of aryl methyl sites for hydroxylation is 1. The van der Waals surface area contributed by atoms with Gasteiger partial charge in [-0.2, -0.15) is 10.2 Å². The second-order valence-corrected chi connectivity index (χ2v) is 11.3. The molecule has 182 valence electrons. The molecule has 0 aliphatic heterocycles. The number of hydrogen-bond donors (Lipinski definition) is 0. The van der Waals surface area contributed by atoms with Crippen LogP contribution >= 0.6 is 0 Å². The predicted octanol–water partition coefficient (Wildman–Crippen LogP) is 5.43. The van der Waals surface area contributed by atoms with Crippen molar-refractivity contribution in [1.29, 1.82) is 5.26 Å². The van der Waals surface area contributed by atoms with Crippen LogP contribution in [0.2, 0.25) is 0 Å². The van der Waals surface area contributed by atoms with E-state index in [0.29, 0.717) is 11.4 Å². The molecule has 0 bridgehead atoms. The predicted molar refractivity (Wildman–Crippen MR) is 139 cm³/mol. The van der Waals surface area contributed by atoms with E-state index >= 15 is 0 Å². The molecular formula is C28H25N3O4S. The Hall–Kier alpha value is -4.22. The molecule has 36 heavy (non-hydrogen) atoms. The lowest BCUT2D eigenvalue weighted by molar-refractivity contribution is 0.460. The summed E-state index contributed by atoms with van der Waals surface area (Å²) in [5.74, 6) is 0.334. The maximum absolute atomic E-state index is 13.5. The number of nitriles is 1. The Kier molecular flexibility index (Phi) is 6.53. The normalized spacial score (nSPS) is 12.4. The van der Waals surface area contributed by atoms with Crippen LogP contribution in [0.15, 0.2) is 87.5 Å². The van der Waals surface area contributed by atoms with Gasteiger partial charge in [-0.25, -0.2) is 8.42 Å². The molecule has 0 N–H and O–H groups in total. The maximum Gasteiger partial charge on any atom is 0.269 e. The van der Waals surface area contributed by atoms with Gasteiger partial charge >= 0.3 is 0 Å². The molecule has 0 spiro atoms. The average Bonchev–Trinajstić information content (AvgIpc) is 2.85. The van der Waals surface area contributed by atoms with Gasteiger partial charge in [-0.3, -0.25) is 9.20 Å². The summed E-state index contributed by atoms with van der Waals surface area (Å²) in [5.41, 5.74) is 1.44. The van der Waals surface area contributed by atoms with Crippen molar-refractivity contribution in [2.24, 2.45) is 0 Å². The molecule has 4 rings (SSSR count). The van der Waals surface area contributed by atoms with Gasteiger partial charge in [0.05, 0.1) is 4.90 Å². The fourth-order valence-corrected chi connectivity index (χ4v) is 4.82. The Morgan fingerprint density at radius 2 is 1.69 bits per heavy atom. The Bertz CT molecular complexity index is 1670. The summed E-state index contributed by atoms with van der Waals surface area (Å²) in [7, 11) is -4.17. The lowest BCUT2D eigenvalue weighted by atomic mass is 9.87. The van der Waals surface area contributed by atoms with Crippen molar-refractivity contribution in [2.75, 3.05) is 0 Å². The third-order valence-electron chi connectivity index (χ3n) is 5.71. The van der Waals surface area contributed by atoms with Crippen LogP contribution in [0.25, 0.3) is 11.7 Å². The Morgan fingerprint density at radius 1 is 1.03 bits per heavy atom. The van der Waals surface area contributed by atoms with Gasteiger partial charge in [0.15, 0.2) is 0 Å². The lowest BCUT2D eigenvalue weighted by Gasteiger charge is -2.19. The van der Waals surface area contributed by atoms with Gasteiger partial charge < -0.3 is 4.74 Å². The zero-order valence-electron chi connectivity index (χ0n) is 20.4. The van der Waals surface area contributed by atoms with E-state index in [1.54, 1.807) is 55.5 Å². The molecule has 0 saturated carbocycles. The van der Waals surface area contributed by atoms with Gasteiger partial charge in [-0.05, 0) is 59.9 Å². The molecule has 7 nitrogen and oxygen atoms in total. The number of hydrogen-bond acceptors (Lipinski definition) is 6. The first kappa shape index (κ1) is 24.9. The van der Waals surface area contributed by atoms with Crippen molar-refractivity contribution in [3.8, 4) is 17.7 Å². The summed E-state index contributed by atoms with van der Waals surface area (Å²) in [5, 5.41) is 9.75. The van der Waals surface area contributed by atoms with E-state index in [2.05, 4.69) is 25.8 Å². The van der Waals surface area contributed by atoms with Gasteiger partial charge in [0.25, 0.3) is 5.56 Å². The molecule has 2 aromatic heterocycles. The fraction of sp³-hybridized carbons (Fsp3) is 0.179. The van der Waals surface area contributed by atoms with E-state index in [0.717, 1.165) is 17.2 Å². The van der Waals surface area contributed by atoms with Crippen LogP contribution in [0, 0.1) is 18.3 Å². The minimum atomic E-state index is -4.17. The molecule has 0 aliphatic carbocycles. The van der Waals surface area contributed by atoms with Gasteiger partial charge in [-0.15, -0.1) is 0 Å². The van der Waals surface area contributed by atoms with E-state index in [1.807, 2.05) is 12.1 Å². The smallest absolute Gasteiger partial charge is 0.269 e. The SMILES string of the molecule is Cc1cccn2c(=O)c(C=C(C#N)S(=O)(=O)c3ccccc3)c(Oc3ccc(C(C)(C)C)cc3)nc12. The largest absolute Gasteiger partial charge is 0.438 e. The molecule has 0 atom stereocenters. The summed E-state index contributed by atoms with van der Waals surface area (Å²) < 4.78 is 33.6. The quantitative estimate of drug-likeness (QED) is 0.339. The first-order chi connectivity index (χ1) is 17.0. The summed E-state index contributed by atoms with van der Waals surface area (Å²) in [6, 6.07) is 20.2. The zero-order chi connectivity index (χ0) is 26.1. The fourth-order valence-electron chi connectivity index (χ4n) is 3.66. The molecule has 0 fully saturated rings. The summed E-state index contributed by atoms with van der Waals surface area (Å²) in [4.78, 5) is 17.4. The molecule has 0 unspecified atom stereocenters. The number of benzene rings is 2. The van der Waals surface area contributed by atoms with Crippen LogP contribution in [-0.4, -0.2) is 17.8 Å². The molecule has 2 heterocycles. The first-order valence-corrected chi connectivity index (χ1v) is 12.7. The monoisotopic (exact) mass is 499 g/mol. The van der Waals surface area contributed by atoms with Crippen molar-refractivity contribution in [3.05, 3.63) is 105 Å². The van der Waals surface area contributed by atoms with Crippen molar-refractivity contribution in [1.82, 2.24) is 9.38 Å². The summed E-state index contributed by atoms with van der Waals surface area (Å²) in [6.07, 6.45) is 2.57. The molecule has 0 aliphatic rings. The van der Waals surface area contributed by atoms with Crippen LogP contribution in [-0.2, 0) is 15.3 Å². The average molecular weight is 500 g/mol. The number of nitrogens with zero attached hydrogens (tertiary/aromatic N) is 3. The first-order valence-electron chi connectivity index (χ1n) is 11.2. The van der Waals surface area contributed by atoms with Crippen LogP contribution in [0.5, 0.6) is 11.6 Å². The summed E-state index contributed by atoms with van der Waals surface area (Å²) in [6.45, 7) is 8.09. The Balaban J connectivity index is 1.92. The van der Waals surface area contributed by atoms with Crippen LogP contribution in [0.1, 0.15) is 37.5 Å². The van der Waals surface area contributed by atoms with E-state index < -0.39 is 20.3 Å². The minimum absolute atomic E-state index is 0.0530. The van der Waals surface area contributed by atoms with Crippen molar-refractivity contribution in [3.63, 3.8) is 0 Å². The molecule has 0 amide bonds. The number of allylic oxidation sites excluding steroid dienone is 1. The number of fused-ring (bicyclic) bond motifs is 1. The number of rotatable bonds is 5. The number of sulfone groups is 1. The van der Waals surface area contributed by atoms with Crippen LogP contribution < -0.4 is 10.3 Å². The highest BCUT2D eigenvalue weighted by Crippen LogP contribution is 2.29. The Labute approximate surface area is 209 Å². The van der Waals surface area contributed by atoms with Crippen molar-refractivity contribution < 1.29 is 13.2 Å². The van der Waals surface area contributed by atoms with Crippen molar-refractivity contribution >= 4 is 21.6 Å². The van der Waals surface area contributed by atoms with Crippen LogP contribution in [0.3, 0.4) is 0 Å². The minimum Gasteiger partial charge on any atom is -0.438 e. The molecule has 0 saturated heterocycles. The second kappa shape index (κ2) is 9.44. The van der Waals surface area contributed by atoms with Gasteiger partial charge in [0, 0.05) is 6.20 Å². The Morgan fingerprint density at radius 3 is 2.31 bits per heavy atom. The zero-order valence-corrected chi connectivity index (χ0v) is 21.2. The number of pyridine rings is 1. The van der Waals surface area contributed by atoms with Gasteiger partial charge in [0.2, 0.25) is 15.7 Å².